The molecular weight excluding hydrogens is 276 g/mol. The molecule has 22 heavy (non-hydrogen) atoms. The number of carbonyl (C=O) groups is 1. The van der Waals surface area contributed by atoms with Crippen LogP contribution in [0.15, 0.2) is 18.2 Å². The Labute approximate surface area is 133 Å². The van der Waals surface area contributed by atoms with E-state index in [1.54, 1.807) is 0 Å². The second-order valence-electron chi connectivity index (χ2n) is 6.14. The zero-order valence-electron chi connectivity index (χ0n) is 13.8. The Hall–Kier alpha value is -1.71. The van der Waals surface area contributed by atoms with Gasteiger partial charge in [-0.25, -0.2) is 4.79 Å². The maximum Gasteiger partial charge on any atom is 0.315 e. The van der Waals surface area contributed by atoms with Crippen LogP contribution in [0.2, 0.25) is 0 Å². The summed E-state index contributed by atoms with van der Waals surface area (Å²) < 4.78 is 5.74. The zero-order valence-corrected chi connectivity index (χ0v) is 13.8. The molecular formula is C18H28N2O2. The minimum Gasteiger partial charge on any atom is -0.491 e. The molecule has 1 saturated carbocycles. The van der Waals surface area contributed by atoms with Crippen LogP contribution < -0.4 is 15.4 Å². The molecule has 0 unspecified atom stereocenters. The lowest BCUT2D eigenvalue weighted by atomic mass is 10.1. The highest BCUT2D eigenvalue weighted by Crippen LogP contribution is 2.20. The zero-order chi connectivity index (χ0) is 15.8. The summed E-state index contributed by atoms with van der Waals surface area (Å²) in [6, 6.07) is 6.29. The fourth-order valence-electron chi connectivity index (χ4n) is 2.87. The summed E-state index contributed by atoms with van der Waals surface area (Å²) in [7, 11) is 0. The van der Waals surface area contributed by atoms with Crippen molar-refractivity contribution in [3.8, 4) is 5.75 Å². The summed E-state index contributed by atoms with van der Waals surface area (Å²) in [5.74, 6) is 0.894. The third-order valence-corrected chi connectivity index (χ3v) is 4.39. The lowest BCUT2D eigenvalue weighted by Gasteiger charge is -2.17. The number of hydrogen-bond acceptors (Lipinski definition) is 2. The number of rotatable bonds is 5. The fraction of sp³-hybridized carbons (Fsp3) is 0.611. The average molecular weight is 304 g/mol. The fourth-order valence-corrected chi connectivity index (χ4v) is 2.87. The summed E-state index contributed by atoms with van der Waals surface area (Å²) in [4.78, 5) is 11.9. The molecule has 0 bridgehead atoms. The van der Waals surface area contributed by atoms with Gasteiger partial charge in [-0.3, -0.25) is 0 Å². The first kappa shape index (κ1) is 16.7. The van der Waals surface area contributed by atoms with Crippen molar-refractivity contribution < 1.29 is 9.53 Å². The van der Waals surface area contributed by atoms with Gasteiger partial charge in [0.05, 0.1) is 6.54 Å². The Morgan fingerprint density at radius 1 is 1.18 bits per heavy atom. The van der Waals surface area contributed by atoms with Gasteiger partial charge in [0.15, 0.2) is 0 Å². The van der Waals surface area contributed by atoms with Crippen molar-refractivity contribution in [2.45, 2.75) is 58.4 Å². The van der Waals surface area contributed by atoms with Gasteiger partial charge in [-0.1, -0.05) is 37.8 Å². The molecule has 1 aromatic rings. The van der Waals surface area contributed by atoms with Crippen molar-refractivity contribution in [3.63, 3.8) is 0 Å². The SMILES string of the molecule is Cc1cccc(OCCNC(=O)NC2CCCCCC2)c1C. The van der Waals surface area contributed by atoms with Crippen LogP contribution in [0.5, 0.6) is 5.75 Å². The van der Waals surface area contributed by atoms with E-state index in [2.05, 4.69) is 30.5 Å². The Balaban J connectivity index is 1.65. The molecule has 1 aromatic carbocycles. The highest BCUT2D eigenvalue weighted by molar-refractivity contribution is 5.74. The van der Waals surface area contributed by atoms with E-state index in [0.29, 0.717) is 19.2 Å². The van der Waals surface area contributed by atoms with Gasteiger partial charge >= 0.3 is 6.03 Å². The molecule has 2 amide bonds. The Morgan fingerprint density at radius 3 is 2.64 bits per heavy atom. The summed E-state index contributed by atoms with van der Waals surface area (Å²) in [6.07, 6.45) is 7.24. The highest BCUT2D eigenvalue weighted by Gasteiger charge is 2.14. The number of aryl methyl sites for hydroxylation is 1. The van der Waals surface area contributed by atoms with Gasteiger partial charge in [-0.2, -0.15) is 0 Å². The third kappa shape index (κ3) is 5.24. The van der Waals surface area contributed by atoms with E-state index < -0.39 is 0 Å². The van der Waals surface area contributed by atoms with Gasteiger partial charge in [-0.05, 0) is 43.9 Å². The normalized spacial score (nSPS) is 15.9. The maximum absolute atomic E-state index is 11.9. The number of benzene rings is 1. The monoisotopic (exact) mass is 304 g/mol. The van der Waals surface area contributed by atoms with Crippen LogP contribution in [0.3, 0.4) is 0 Å². The lowest BCUT2D eigenvalue weighted by molar-refractivity contribution is 0.231. The number of hydrogen-bond donors (Lipinski definition) is 2. The molecule has 0 aliphatic heterocycles. The van der Waals surface area contributed by atoms with Crippen molar-refractivity contribution in [1.82, 2.24) is 10.6 Å². The standard InChI is InChI=1S/C18H28N2O2/c1-14-8-7-11-17(15(14)2)22-13-12-19-18(21)20-16-9-5-3-4-6-10-16/h7-8,11,16H,3-6,9-10,12-13H2,1-2H3,(H2,19,20,21). The van der Waals surface area contributed by atoms with Gasteiger partial charge in [0.1, 0.15) is 12.4 Å². The second-order valence-corrected chi connectivity index (χ2v) is 6.14. The number of nitrogens with one attached hydrogen (secondary N) is 2. The van der Waals surface area contributed by atoms with E-state index in [4.69, 9.17) is 4.74 Å². The van der Waals surface area contributed by atoms with E-state index in [1.165, 1.54) is 31.2 Å². The molecule has 4 heteroatoms. The predicted octanol–water partition coefficient (Wildman–Crippen LogP) is 3.70. The molecule has 0 atom stereocenters. The highest BCUT2D eigenvalue weighted by atomic mass is 16.5. The molecule has 4 nitrogen and oxygen atoms in total. The topological polar surface area (TPSA) is 50.4 Å². The van der Waals surface area contributed by atoms with Crippen molar-refractivity contribution in [2.75, 3.05) is 13.2 Å². The van der Waals surface area contributed by atoms with E-state index in [-0.39, 0.29) is 6.03 Å². The number of urea groups is 1. The Bertz CT molecular complexity index is 480. The first-order valence-electron chi connectivity index (χ1n) is 8.40. The van der Waals surface area contributed by atoms with E-state index in [9.17, 15) is 4.79 Å². The summed E-state index contributed by atoms with van der Waals surface area (Å²) in [5.41, 5.74) is 2.38. The minimum atomic E-state index is -0.0727. The molecule has 0 aromatic heterocycles. The summed E-state index contributed by atoms with van der Waals surface area (Å²) >= 11 is 0. The first-order valence-corrected chi connectivity index (χ1v) is 8.40. The van der Waals surface area contributed by atoms with E-state index in [1.807, 2.05) is 12.1 Å². The van der Waals surface area contributed by atoms with Crippen LogP contribution >= 0.6 is 0 Å². The number of ether oxygens (including phenoxy) is 1. The summed E-state index contributed by atoms with van der Waals surface area (Å²) in [5, 5.41) is 5.95. The molecule has 1 aliphatic rings. The molecule has 2 N–H and O–H groups in total. The smallest absolute Gasteiger partial charge is 0.315 e. The van der Waals surface area contributed by atoms with Crippen molar-refractivity contribution >= 4 is 6.03 Å². The lowest BCUT2D eigenvalue weighted by Crippen LogP contribution is -2.43. The van der Waals surface area contributed by atoms with Gasteiger partial charge in [0.2, 0.25) is 0 Å². The molecule has 0 heterocycles. The van der Waals surface area contributed by atoms with Crippen LogP contribution in [-0.4, -0.2) is 25.2 Å². The quantitative estimate of drug-likeness (QED) is 0.643. The first-order chi connectivity index (χ1) is 10.7. The van der Waals surface area contributed by atoms with Crippen LogP contribution in [0.25, 0.3) is 0 Å². The maximum atomic E-state index is 11.9. The van der Waals surface area contributed by atoms with Gasteiger partial charge in [0, 0.05) is 6.04 Å². The molecule has 2 rings (SSSR count). The molecule has 0 radical (unpaired) electrons. The Kier molecular flexibility index (Phi) is 6.56. The van der Waals surface area contributed by atoms with Crippen LogP contribution in [0.4, 0.5) is 4.79 Å². The van der Waals surface area contributed by atoms with Crippen LogP contribution in [0.1, 0.15) is 49.7 Å². The van der Waals surface area contributed by atoms with E-state index >= 15 is 0 Å². The predicted molar refractivity (Wildman–Crippen MR) is 89.4 cm³/mol. The average Bonchev–Trinajstić information content (AvgIpc) is 2.76. The van der Waals surface area contributed by atoms with Gasteiger partial charge < -0.3 is 15.4 Å². The van der Waals surface area contributed by atoms with Gasteiger partial charge in [0.25, 0.3) is 0 Å². The molecule has 1 fully saturated rings. The minimum absolute atomic E-state index is 0.0727. The number of carbonyl (C=O) groups excluding carboxylic acids is 1. The van der Waals surface area contributed by atoms with Crippen LogP contribution in [0, 0.1) is 13.8 Å². The van der Waals surface area contributed by atoms with E-state index in [0.717, 1.165) is 24.2 Å². The van der Waals surface area contributed by atoms with Crippen LogP contribution in [-0.2, 0) is 0 Å². The molecule has 122 valence electrons. The largest absolute Gasteiger partial charge is 0.491 e. The third-order valence-electron chi connectivity index (χ3n) is 4.39. The number of amides is 2. The van der Waals surface area contributed by atoms with Gasteiger partial charge in [-0.15, -0.1) is 0 Å². The Morgan fingerprint density at radius 2 is 1.91 bits per heavy atom. The van der Waals surface area contributed by atoms with Crippen molar-refractivity contribution in [2.24, 2.45) is 0 Å². The molecule has 0 spiro atoms. The van der Waals surface area contributed by atoms with Crippen molar-refractivity contribution in [3.05, 3.63) is 29.3 Å². The molecule has 0 saturated heterocycles. The molecule has 1 aliphatic carbocycles. The second kappa shape index (κ2) is 8.66. The summed E-state index contributed by atoms with van der Waals surface area (Å²) in [6.45, 7) is 5.13. The van der Waals surface area contributed by atoms with Crippen molar-refractivity contribution in [1.29, 1.82) is 0 Å².